The second-order valence-electron chi connectivity index (χ2n) is 6.84. The van der Waals surface area contributed by atoms with Gasteiger partial charge >= 0.3 is 0 Å². The second-order valence-corrected chi connectivity index (χ2v) is 9.16. The first-order valence-electron chi connectivity index (χ1n) is 8.85. The fourth-order valence-corrected chi connectivity index (χ4v) is 4.69. The predicted octanol–water partition coefficient (Wildman–Crippen LogP) is 1.96. The summed E-state index contributed by atoms with van der Waals surface area (Å²) in [7, 11) is -2.69. The van der Waals surface area contributed by atoms with Crippen molar-refractivity contribution in [3.8, 4) is 11.8 Å². The normalized spacial score (nSPS) is 23.1. The van der Waals surface area contributed by atoms with Crippen molar-refractivity contribution in [2.75, 3.05) is 20.2 Å². The molecule has 1 aromatic carbocycles. The Balaban J connectivity index is 1.93. The van der Waals surface area contributed by atoms with Crippen molar-refractivity contribution in [2.45, 2.75) is 29.8 Å². The minimum Gasteiger partial charge on any atom is -0.486 e. The van der Waals surface area contributed by atoms with E-state index < -0.39 is 33.6 Å². The molecule has 160 valence electrons. The van der Waals surface area contributed by atoms with Gasteiger partial charge < -0.3 is 14.6 Å². The highest BCUT2D eigenvalue weighted by atomic mass is 35.5. The first kappa shape index (κ1) is 22.4. The van der Waals surface area contributed by atoms with E-state index in [4.69, 9.17) is 26.3 Å². The Morgan fingerprint density at radius 2 is 2.17 bits per heavy atom. The first-order valence-corrected chi connectivity index (χ1v) is 10.7. The zero-order valence-electron chi connectivity index (χ0n) is 16.1. The second kappa shape index (κ2) is 8.45. The van der Waals surface area contributed by atoms with Gasteiger partial charge in [-0.25, -0.2) is 17.8 Å². The molecule has 0 bridgehead atoms. The third-order valence-electron chi connectivity index (χ3n) is 5.06. The fourth-order valence-electron chi connectivity index (χ4n) is 3.18. The van der Waals surface area contributed by atoms with Crippen LogP contribution < -0.4 is 4.74 Å². The molecular formula is C19H19ClFN3O5S. The van der Waals surface area contributed by atoms with Crippen LogP contribution in [0, 0.1) is 17.1 Å². The van der Waals surface area contributed by atoms with Gasteiger partial charge in [0.25, 0.3) is 10.0 Å². The van der Waals surface area contributed by atoms with Crippen molar-refractivity contribution in [3.63, 3.8) is 0 Å². The van der Waals surface area contributed by atoms with Crippen molar-refractivity contribution in [3.05, 3.63) is 52.9 Å². The van der Waals surface area contributed by atoms with Crippen LogP contribution >= 0.6 is 11.6 Å². The highest BCUT2D eigenvalue weighted by molar-refractivity contribution is 7.89. The summed E-state index contributed by atoms with van der Waals surface area (Å²) in [5.41, 5.74) is -1.88. The molecule has 11 heteroatoms. The maximum atomic E-state index is 13.9. The number of hydrogen-bond acceptors (Lipinski definition) is 7. The lowest BCUT2D eigenvalue weighted by Gasteiger charge is -2.33. The molecule has 2 heterocycles. The summed E-state index contributed by atoms with van der Waals surface area (Å²) in [6, 6.07) is 7.99. The molecular weight excluding hydrogens is 437 g/mol. The van der Waals surface area contributed by atoms with Crippen LogP contribution in [0.3, 0.4) is 0 Å². The summed E-state index contributed by atoms with van der Waals surface area (Å²) in [4.78, 5) is 3.85. The van der Waals surface area contributed by atoms with Gasteiger partial charge in [0, 0.05) is 25.9 Å². The maximum Gasteiger partial charge on any atom is 0.260 e. The van der Waals surface area contributed by atoms with Gasteiger partial charge in [0.05, 0.1) is 23.2 Å². The number of ether oxygens (including phenoxy) is 2. The molecule has 0 saturated carbocycles. The molecule has 1 fully saturated rings. The van der Waals surface area contributed by atoms with Crippen LogP contribution in [0.2, 0.25) is 5.02 Å². The highest BCUT2D eigenvalue weighted by Gasteiger charge is 2.54. The number of pyridine rings is 1. The molecule has 1 N–H and O–H groups in total. The lowest BCUT2D eigenvalue weighted by atomic mass is 9.94. The Hall–Kier alpha value is -2.29. The van der Waals surface area contributed by atoms with Crippen LogP contribution in [0.25, 0.3) is 0 Å². The van der Waals surface area contributed by atoms with Crippen LogP contribution in [-0.2, 0) is 14.8 Å². The third kappa shape index (κ3) is 4.12. The van der Waals surface area contributed by atoms with Crippen molar-refractivity contribution in [1.29, 1.82) is 5.26 Å². The number of rotatable bonds is 6. The van der Waals surface area contributed by atoms with Crippen LogP contribution in [0.5, 0.6) is 5.75 Å². The SMILES string of the molecule is COC(C)[C@]1(O)CN(S(=O)(=O)c2ccc(Cl)cn2)C[C@@H]1Oc1ccc(C#N)c(F)c1. The van der Waals surface area contributed by atoms with E-state index in [1.54, 1.807) is 13.0 Å². The molecule has 0 spiro atoms. The molecule has 0 radical (unpaired) electrons. The molecule has 2 aromatic rings. The van der Waals surface area contributed by atoms with Gasteiger partial charge in [-0.3, -0.25) is 0 Å². The van der Waals surface area contributed by atoms with Crippen LogP contribution in [0.15, 0.2) is 41.6 Å². The number of nitrogens with zero attached hydrogens (tertiary/aromatic N) is 3. The number of nitriles is 1. The largest absolute Gasteiger partial charge is 0.486 e. The highest BCUT2D eigenvalue weighted by Crippen LogP contribution is 2.34. The average Bonchev–Trinajstić information content (AvgIpc) is 3.06. The zero-order chi connectivity index (χ0) is 22.1. The summed E-state index contributed by atoms with van der Waals surface area (Å²) >= 11 is 5.78. The minimum absolute atomic E-state index is 0.0436. The van der Waals surface area contributed by atoms with E-state index in [-0.39, 0.29) is 34.5 Å². The lowest BCUT2D eigenvalue weighted by molar-refractivity contribution is -0.118. The van der Waals surface area contributed by atoms with Crippen molar-refractivity contribution in [1.82, 2.24) is 9.29 Å². The van der Waals surface area contributed by atoms with E-state index in [0.29, 0.717) is 0 Å². The van der Waals surface area contributed by atoms with E-state index in [9.17, 15) is 17.9 Å². The minimum atomic E-state index is -4.06. The van der Waals surface area contributed by atoms with E-state index in [1.165, 1.54) is 37.6 Å². The quantitative estimate of drug-likeness (QED) is 0.708. The number of halogens is 2. The lowest BCUT2D eigenvalue weighted by Crippen LogP contribution is -2.53. The predicted molar refractivity (Wildman–Crippen MR) is 105 cm³/mol. The van der Waals surface area contributed by atoms with E-state index in [0.717, 1.165) is 10.4 Å². The smallest absolute Gasteiger partial charge is 0.260 e. The van der Waals surface area contributed by atoms with Crippen LogP contribution in [0.4, 0.5) is 4.39 Å². The van der Waals surface area contributed by atoms with Gasteiger partial charge in [0.1, 0.15) is 29.3 Å². The summed E-state index contributed by atoms with van der Waals surface area (Å²) in [5, 5.41) is 20.1. The Morgan fingerprint density at radius 3 is 2.73 bits per heavy atom. The molecule has 0 amide bonds. The molecule has 1 aliphatic heterocycles. The van der Waals surface area contributed by atoms with Crippen LogP contribution in [-0.4, -0.2) is 60.8 Å². The van der Waals surface area contributed by atoms with Crippen molar-refractivity contribution in [2.24, 2.45) is 0 Å². The molecule has 8 nitrogen and oxygen atoms in total. The van der Waals surface area contributed by atoms with Gasteiger partial charge in [-0.15, -0.1) is 0 Å². The van der Waals surface area contributed by atoms with Crippen molar-refractivity contribution < 1.29 is 27.4 Å². The Labute approximate surface area is 178 Å². The first-order chi connectivity index (χ1) is 14.1. The molecule has 30 heavy (non-hydrogen) atoms. The number of aromatic nitrogens is 1. The monoisotopic (exact) mass is 455 g/mol. The molecule has 1 unspecified atom stereocenters. The summed E-state index contributed by atoms with van der Waals surface area (Å²) in [6.07, 6.45) is -0.659. The molecule has 3 atom stereocenters. The Morgan fingerprint density at radius 1 is 1.43 bits per heavy atom. The fraction of sp³-hybridized carbons (Fsp3) is 0.368. The number of aliphatic hydroxyl groups is 1. The molecule has 3 rings (SSSR count). The summed E-state index contributed by atoms with van der Waals surface area (Å²) in [6.45, 7) is 1.03. The van der Waals surface area contributed by atoms with E-state index >= 15 is 0 Å². The van der Waals surface area contributed by atoms with Gasteiger partial charge in [-0.05, 0) is 31.2 Å². The summed E-state index contributed by atoms with van der Waals surface area (Å²) in [5.74, 6) is -0.742. The van der Waals surface area contributed by atoms with E-state index in [1.807, 2.05) is 0 Å². The molecule has 0 aliphatic carbocycles. The van der Waals surface area contributed by atoms with Crippen LogP contribution in [0.1, 0.15) is 12.5 Å². The standard InChI is InChI=1S/C19H19ClFN3O5S/c1-12(28-2)19(25)11-24(30(26,27)18-6-4-14(20)9-23-18)10-17(19)29-15-5-3-13(8-22)16(21)7-15/h3-7,9,12,17,25H,10-11H2,1-2H3/t12?,17-,19+/m0/s1. The number of hydrogen-bond donors (Lipinski definition) is 1. The summed E-state index contributed by atoms with van der Waals surface area (Å²) < 4.78 is 52.0. The maximum absolute atomic E-state index is 13.9. The molecule has 1 saturated heterocycles. The topological polar surface area (TPSA) is 113 Å². The van der Waals surface area contributed by atoms with Gasteiger partial charge in [0.2, 0.25) is 0 Å². The van der Waals surface area contributed by atoms with Gasteiger partial charge in [0.15, 0.2) is 5.03 Å². The number of methoxy groups -OCH3 is 1. The number of sulfonamides is 1. The molecule has 1 aromatic heterocycles. The van der Waals surface area contributed by atoms with Gasteiger partial charge in [-0.1, -0.05) is 11.6 Å². The number of benzene rings is 1. The third-order valence-corrected chi connectivity index (χ3v) is 7.01. The Bertz CT molecular complexity index is 1080. The Kier molecular flexibility index (Phi) is 6.31. The molecule has 1 aliphatic rings. The average molecular weight is 456 g/mol. The van der Waals surface area contributed by atoms with Crippen molar-refractivity contribution >= 4 is 21.6 Å². The van der Waals surface area contributed by atoms with Gasteiger partial charge in [-0.2, -0.15) is 9.57 Å². The number of β-amino-alcohol motifs (C(OH)–C–C–N with tert-alkyl or cyclic N) is 1. The zero-order valence-corrected chi connectivity index (χ0v) is 17.7. The van der Waals surface area contributed by atoms with E-state index in [2.05, 4.69) is 4.98 Å².